The Balaban J connectivity index is 1.89. The molecule has 1 aromatic carbocycles. The van der Waals surface area contributed by atoms with Crippen LogP contribution < -0.4 is 0 Å². The predicted molar refractivity (Wildman–Crippen MR) is 88.6 cm³/mol. The molecule has 2 aromatic rings. The number of ether oxygens (including phenoxy) is 1. The molecule has 0 radical (unpaired) electrons. The van der Waals surface area contributed by atoms with Gasteiger partial charge in [0.25, 0.3) is 0 Å². The summed E-state index contributed by atoms with van der Waals surface area (Å²) in [5, 5.41) is 3.96. The number of rotatable bonds is 5. The highest BCUT2D eigenvalue weighted by molar-refractivity contribution is 7.89. The number of hydrogen-bond acceptors (Lipinski definition) is 6. The fourth-order valence-corrected chi connectivity index (χ4v) is 4.27. The number of hydrogen-bond donors (Lipinski definition) is 0. The molecule has 1 aliphatic heterocycles. The van der Waals surface area contributed by atoms with E-state index in [1.807, 2.05) is 30.3 Å². The normalized spacial score (nSPS) is 19.3. The van der Waals surface area contributed by atoms with Crippen LogP contribution in [0.15, 0.2) is 47.0 Å². The molecule has 0 saturated carbocycles. The van der Waals surface area contributed by atoms with Gasteiger partial charge in [-0.3, -0.25) is 0 Å². The Labute approximate surface area is 141 Å². The van der Waals surface area contributed by atoms with Crippen LogP contribution >= 0.6 is 0 Å². The molecule has 0 aliphatic carbocycles. The predicted octanol–water partition coefficient (Wildman–Crippen LogP) is 2.02. The van der Waals surface area contributed by atoms with Crippen molar-refractivity contribution in [3.05, 3.63) is 48.4 Å². The first-order valence-electron chi connectivity index (χ1n) is 7.58. The van der Waals surface area contributed by atoms with Crippen LogP contribution in [-0.4, -0.2) is 48.4 Å². The fourth-order valence-electron chi connectivity index (χ4n) is 2.59. The third-order valence-electron chi connectivity index (χ3n) is 3.62. The van der Waals surface area contributed by atoms with Crippen LogP contribution in [0.3, 0.4) is 0 Å². The molecular formula is C16H19N3O4S. The SMILES string of the molecule is C=C(C)CS(=O)(=O)N1CCOC[C@H]1c1nc(-c2ccccc2)no1. The van der Waals surface area contributed by atoms with Crippen LogP contribution in [-0.2, 0) is 14.8 Å². The number of nitrogens with zero attached hydrogens (tertiary/aromatic N) is 3. The van der Waals surface area contributed by atoms with E-state index in [1.165, 1.54) is 4.31 Å². The monoisotopic (exact) mass is 349 g/mol. The summed E-state index contributed by atoms with van der Waals surface area (Å²) in [5.74, 6) is 0.552. The van der Waals surface area contributed by atoms with Gasteiger partial charge >= 0.3 is 0 Å². The van der Waals surface area contributed by atoms with Gasteiger partial charge in [0, 0.05) is 12.1 Å². The highest BCUT2D eigenvalue weighted by Gasteiger charge is 2.37. The van der Waals surface area contributed by atoms with Gasteiger partial charge in [-0.15, -0.1) is 0 Å². The molecule has 0 unspecified atom stereocenters. The minimum absolute atomic E-state index is 0.108. The minimum Gasteiger partial charge on any atom is -0.378 e. The second-order valence-corrected chi connectivity index (χ2v) is 7.66. The Morgan fingerprint density at radius 1 is 1.38 bits per heavy atom. The Morgan fingerprint density at radius 3 is 2.83 bits per heavy atom. The molecule has 7 nitrogen and oxygen atoms in total. The summed E-state index contributed by atoms with van der Waals surface area (Å²) in [6.45, 7) is 6.15. The van der Waals surface area contributed by atoms with Gasteiger partial charge < -0.3 is 9.26 Å². The molecule has 1 aromatic heterocycles. The highest BCUT2D eigenvalue weighted by Crippen LogP contribution is 2.28. The number of sulfonamides is 1. The van der Waals surface area contributed by atoms with E-state index in [4.69, 9.17) is 9.26 Å². The molecule has 3 rings (SSSR count). The maximum absolute atomic E-state index is 12.6. The average Bonchev–Trinajstić information content (AvgIpc) is 3.04. The van der Waals surface area contributed by atoms with Crippen LogP contribution in [0.25, 0.3) is 11.4 Å². The van der Waals surface area contributed by atoms with Gasteiger partial charge in [0.15, 0.2) is 0 Å². The van der Waals surface area contributed by atoms with Crippen molar-refractivity contribution >= 4 is 10.0 Å². The summed E-state index contributed by atoms with van der Waals surface area (Å²) < 4.78 is 37.3. The zero-order chi connectivity index (χ0) is 17.2. The molecule has 1 atom stereocenters. The van der Waals surface area contributed by atoms with Crippen LogP contribution in [0.1, 0.15) is 18.9 Å². The van der Waals surface area contributed by atoms with Crippen molar-refractivity contribution in [3.63, 3.8) is 0 Å². The largest absolute Gasteiger partial charge is 0.378 e. The first kappa shape index (κ1) is 16.8. The number of aromatic nitrogens is 2. The lowest BCUT2D eigenvalue weighted by molar-refractivity contribution is 0.0204. The second kappa shape index (κ2) is 6.84. The average molecular weight is 349 g/mol. The molecule has 1 fully saturated rings. The molecule has 1 saturated heterocycles. The topological polar surface area (TPSA) is 85.5 Å². The molecule has 24 heavy (non-hydrogen) atoms. The van der Waals surface area contributed by atoms with Gasteiger partial charge in [-0.05, 0) is 6.92 Å². The molecule has 0 spiro atoms. The standard InChI is InChI=1S/C16H19N3O4S/c1-12(2)11-24(20,21)19-8-9-22-10-14(19)16-17-15(18-23-16)13-6-4-3-5-7-13/h3-7,14H,1,8-11H2,2H3/t14-/m0/s1. The van der Waals surface area contributed by atoms with Crippen molar-refractivity contribution in [1.82, 2.24) is 14.4 Å². The maximum atomic E-state index is 12.6. The summed E-state index contributed by atoms with van der Waals surface area (Å²) in [6, 6.07) is 8.75. The molecule has 2 heterocycles. The van der Waals surface area contributed by atoms with E-state index in [2.05, 4.69) is 16.7 Å². The third-order valence-corrected chi connectivity index (χ3v) is 5.63. The van der Waals surface area contributed by atoms with Gasteiger partial charge in [-0.2, -0.15) is 9.29 Å². The zero-order valence-electron chi connectivity index (χ0n) is 13.4. The Bertz CT molecular complexity index is 817. The molecule has 0 bridgehead atoms. The summed E-state index contributed by atoms with van der Waals surface area (Å²) in [6.07, 6.45) is 0. The van der Waals surface area contributed by atoms with E-state index < -0.39 is 16.1 Å². The van der Waals surface area contributed by atoms with Crippen LogP contribution in [0.4, 0.5) is 0 Å². The lowest BCUT2D eigenvalue weighted by Gasteiger charge is -2.32. The minimum atomic E-state index is -3.51. The van der Waals surface area contributed by atoms with Crippen molar-refractivity contribution in [2.45, 2.75) is 13.0 Å². The smallest absolute Gasteiger partial charge is 0.247 e. The lowest BCUT2D eigenvalue weighted by Crippen LogP contribution is -2.44. The van der Waals surface area contributed by atoms with E-state index in [0.717, 1.165) is 5.56 Å². The number of morpholine rings is 1. The third kappa shape index (κ3) is 3.55. The quantitative estimate of drug-likeness (QED) is 0.768. The van der Waals surface area contributed by atoms with Crippen molar-refractivity contribution in [2.24, 2.45) is 0 Å². The summed E-state index contributed by atoms with van der Waals surface area (Å²) in [4.78, 5) is 4.36. The summed E-state index contributed by atoms with van der Waals surface area (Å²) in [7, 11) is -3.51. The zero-order valence-corrected chi connectivity index (χ0v) is 14.2. The van der Waals surface area contributed by atoms with Gasteiger partial charge in [0.05, 0.1) is 19.0 Å². The van der Waals surface area contributed by atoms with Crippen LogP contribution in [0.5, 0.6) is 0 Å². The molecule has 0 N–H and O–H groups in total. The van der Waals surface area contributed by atoms with Gasteiger partial charge in [-0.1, -0.05) is 47.6 Å². The van der Waals surface area contributed by atoms with Gasteiger partial charge in [0.2, 0.25) is 21.7 Å². The van der Waals surface area contributed by atoms with E-state index in [9.17, 15) is 8.42 Å². The highest BCUT2D eigenvalue weighted by atomic mass is 32.2. The van der Waals surface area contributed by atoms with E-state index in [0.29, 0.717) is 18.0 Å². The fraction of sp³-hybridized carbons (Fsp3) is 0.375. The van der Waals surface area contributed by atoms with Crippen molar-refractivity contribution in [1.29, 1.82) is 0 Å². The number of benzene rings is 1. The Morgan fingerprint density at radius 2 is 2.12 bits per heavy atom. The van der Waals surface area contributed by atoms with Gasteiger partial charge in [0.1, 0.15) is 6.04 Å². The van der Waals surface area contributed by atoms with Crippen LogP contribution in [0, 0.1) is 0 Å². The first-order valence-corrected chi connectivity index (χ1v) is 9.19. The Kier molecular flexibility index (Phi) is 4.79. The summed E-state index contributed by atoms with van der Waals surface area (Å²) in [5.41, 5.74) is 1.39. The van der Waals surface area contributed by atoms with Crippen molar-refractivity contribution in [3.8, 4) is 11.4 Å². The molecular weight excluding hydrogens is 330 g/mol. The Hall–Kier alpha value is -2.03. The van der Waals surface area contributed by atoms with Crippen molar-refractivity contribution < 1.29 is 17.7 Å². The molecule has 128 valence electrons. The lowest BCUT2D eigenvalue weighted by atomic mass is 10.2. The maximum Gasteiger partial charge on any atom is 0.247 e. The molecule has 1 aliphatic rings. The van der Waals surface area contributed by atoms with Crippen molar-refractivity contribution in [2.75, 3.05) is 25.5 Å². The van der Waals surface area contributed by atoms with E-state index in [1.54, 1.807) is 6.92 Å². The molecule has 0 amide bonds. The second-order valence-electron chi connectivity index (χ2n) is 5.74. The van der Waals surface area contributed by atoms with E-state index >= 15 is 0 Å². The van der Waals surface area contributed by atoms with E-state index in [-0.39, 0.29) is 24.8 Å². The van der Waals surface area contributed by atoms with Crippen LogP contribution in [0.2, 0.25) is 0 Å². The van der Waals surface area contributed by atoms with Gasteiger partial charge in [-0.25, -0.2) is 8.42 Å². The first-order chi connectivity index (χ1) is 11.5. The molecule has 8 heteroatoms. The summed E-state index contributed by atoms with van der Waals surface area (Å²) >= 11 is 0.